The minimum Gasteiger partial charge on any atom is -0.462 e. The fourth-order valence-corrected chi connectivity index (χ4v) is 1.79. The van der Waals surface area contributed by atoms with E-state index in [0.29, 0.717) is 12.2 Å². The summed E-state index contributed by atoms with van der Waals surface area (Å²) >= 11 is 0. The van der Waals surface area contributed by atoms with Crippen LogP contribution in [0.4, 0.5) is 0 Å². The maximum absolute atomic E-state index is 11.7. The molecule has 0 N–H and O–H groups in total. The van der Waals surface area contributed by atoms with Gasteiger partial charge in [0.15, 0.2) is 0 Å². The van der Waals surface area contributed by atoms with E-state index in [4.69, 9.17) is 4.74 Å². The second-order valence-electron chi connectivity index (χ2n) is 3.75. The molecule has 0 bridgehead atoms. The van der Waals surface area contributed by atoms with Crippen LogP contribution in [0.1, 0.15) is 22.8 Å². The van der Waals surface area contributed by atoms with Crippen LogP contribution in [0.5, 0.6) is 0 Å². The third kappa shape index (κ3) is 1.91. The molecule has 0 unspecified atom stereocenters. The zero-order valence-corrected chi connectivity index (χ0v) is 9.49. The Kier molecular flexibility index (Phi) is 2.91. The van der Waals surface area contributed by atoms with E-state index in [-0.39, 0.29) is 5.97 Å². The van der Waals surface area contributed by atoms with E-state index in [2.05, 4.69) is 6.07 Å². The highest BCUT2D eigenvalue weighted by molar-refractivity contribution is 6.04. The summed E-state index contributed by atoms with van der Waals surface area (Å²) in [6.45, 7) is 4.25. The lowest BCUT2D eigenvalue weighted by Crippen LogP contribution is -2.05. The number of esters is 1. The monoisotopic (exact) mass is 214 g/mol. The molecule has 2 rings (SSSR count). The number of hydrogen-bond acceptors (Lipinski definition) is 2. The molecule has 0 aliphatic rings. The van der Waals surface area contributed by atoms with Gasteiger partial charge in [-0.15, -0.1) is 0 Å². The minimum absolute atomic E-state index is 0.253. The second-order valence-corrected chi connectivity index (χ2v) is 3.75. The number of carbonyl (C=O) groups excluding carboxylic acids is 1. The molecule has 0 fully saturated rings. The number of fused-ring (bicyclic) bond motifs is 1. The standard InChI is InChI=1S/C14H14O2/c1-3-16-14(15)13-6-4-5-11-9-10(2)7-8-12(11)13/h4-9H,3H2,1-2H3. The van der Waals surface area contributed by atoms with Gasteiger partial charge in [0.05, 0.1) is 12.2 Å². The van der Waals surface area contributed by atoms with Crippen molar-refractivity contribution in [2.75, 3.05) is 6.61 Å². The Balaban J connectivity index is 2.58. The maximum atomic E-state index is 11.7. The molecule has 0 aromatic heterocycles. The average molecular weight is 214 g/mol. The largest absolute Gasteiger partial charge is 0.462 e. The van der Waals surface area contributed by atoms with Crippen LogP contribution in [0.15, 0.2) is 36.4 Å². The number of benzene rings is 2. The van der Waals surface area contributed by atoms with E-state index in [1.54, 1.807) is 6.07 Å². The Hall–Kier alpha value is -1.83. The van der Waals surface area contributed by atoms with Crippen molar-refractivity contribution in [1.82, 2.24) is 0 Å². The molecule has 16 heavy (non-hydrogen) atoms. The van der Waals surface area contributed by atoms with Crippen LogP contribution >= 0.6 is 0 Å². The van der Waals surface area contributed by atoms with Gasteiger partial charge in [-0.2, -0.15) is 0 Å². The Labute approximate surface area is 94.8 Å². The molecule has 0 atom stereocenters. The van der Waals surface area contributed by atoms with E-state index < -0.39 is 0 Å². The van der Waals surface area contributed by atoms with Gasteiger partial charge in [0.25, 0.3) is 0 Å². The first-order valence-electron chi connectivity index (χ1n) is 5.39. The van der Waals surface area contributed by atoms with Crippen molar-refractivity contribution in [1.29, 1.82) is 0 Å². The molecule has 0 heterocycles. The molecule has 2 aromatic rings. The van der Waals surface area contributed by atoms with Crippen molar-refractivity contribution in [3.8, 4) is 0 Å². The van der Waals surface area contributed by atoms with E-state index in [1.165, 1.54) is 5.56 Å². The number of ether oxygens (including phenoxy) is 1. The van der Waals surface area contributed by atoms with Crippen molar-refractivity contribution in [3.63, 3.8) is 0 Å². The van der Waals surface area contributed by atoms with Crippen molar-refractivity contribution >= 4 is 16.7 Å². The smallest absolute Gasteiger partial charge is 0.338 e. The van der Waals surface area contributed by atoms with Gasteiger partial charge in [-0.1, -0.05) is 35.9 Å². The summed E-state index contributed by atoms with van der Waals surface area (Å²) in [5.74, 6) is -0.253. The van der Waals surface area contributed by atoms with Gasteiger partial charge in [0.1, 0.15) is 0 Å². The van der Waals surface area contributed by atoms with Crippen LogP contribution < -0.4 is 0 Å². The first-order valence-corrected chi connectivity index (χ1v) is 5.39. The number of carbonyl (C=O) groups is 1. The molecule has 0 saturated heterocycles. The zero-order valence-electron chi connectivity index (χ0n) is 9.49. The van der Waals surface area contributed by atoms with Gasteiger partial charge < -0.3 is 4.74 Å². The predicted octanol–water partition coefficient (Wildman–Crippen LogP) is 3.32. The third-order valence-corrected chi connectivity index (χ3v) is 2.53. The Morgan fingerprint density at radius 1 is 1.25 bits per heavy atom. The normalized spacial score (nSPS) is 10.4. The summed E-state index contributed by atoms with van der Waals surface area (Å²) in [7, 11) is 0. The lowest BCUT2D eigenvalue weighted by molar-refractivity contribution is 0.0528. The molecular weight excluding hydrogens is 200 g/mol. The first kappa shape index (κ1) is 10.7. The molecule has 0 radical (unpaired) electrons. The molecule has 0 aliphatic heterocycles. The van der Waals surface area contributed by atoms with Crippen molar-refractivity contribution in [2.45, 2.75) is 13.8 Å². The van der Waals surface area contributed by atoms with Gasteiger partial charge in [-0.05, 0) is 30.7 Å². The third-order valence-electron chi connectivity index (χ3n) is 2.53. The Morgan fingerprint density at radius 3 is 2.81 bits per heavy atom. The summed E-state index contributed by atoms with van der Waals surface area (Å²) < 4.78 is 5.03. The van der Waals surface area contributed by atoms with E-state index in [0.717, 1.165) is 10.8 Å². The van der Waals surface area contributed by atoms with Crippen molar-refractivity contribution < 1.29 is 9.53 Å². The lowest BCUT2D eigenvalue weighted by atomic mass is 10.0. The van der Waals surface area contributed by atoms with E-state index >= 15 is 0 Å². The van der Waals surface area contributed by atoms with Crippen LogP contribution in [-0.2, 0) is 4.74 Å². The second kappa shape index (κ2) is 4.35. The highest BCUT2D eigenvalue weighted by Gasteiger charge is 2.09. The molecule has 82 valence electrons. The fraction of sp³-hybridized carbons (Fsp3) is 0.214. The summed E-state index contributed by atoms with van der Waals surface area (Å²) in [5, 5.41) is 2.03. The van der Waals surface area contributed by atoms with Gasteiger partial charge >= 0.3 is 5.97 Å². The highest BCUT2D eigenvalue weighted by atomic mass is 16.5. The Morgan fingerprint density at radius 2 is 2.06 bits per heavy atom. The summed E-state index contributed by atoms with van der Waals surface area (Å²) in [4.78, 5) is 11.7. The summed E-state index contributed by atoms with van der Waals surface area (Å²) in [5.41, 5.74) is 1.83. The number of aryl methyl sites for hydroxylation is 1. The van der Waals surface area contributed by atoms with Crippen molar-refractivity contribution in [3.05, 3.63) is 47.5 Å². The minimum atomic E-state index is -0.253. The van der Waals surface area contributed by atoms with Crippen LogP contribution in [0.25, 0.3) is 10.8 Å². The van der Waals surface area contributed by atoms with Gasteiger partial charge in [0.2, 0.25) is 0 Å². The quantitative estimate of drug-likeness (QED) is 0.717. The fourth-order valence-electron chi connectivity index (χ4n) is 1.79. The predicted molar refractivity (Wildman–Crippen MR) is 64.6 cm³/mol. The topological polar surface area (TPSA) is 26.3 Å². The Bertz CT molecular complexity index is 529. The molecule has 2 heteroatoms. The van der Waals surface area contributed by atoms with Crippen LogP contribution in [0, 0.1) is 6.92 Å². The lowest BCUT2D eigenvalue weighted by Gasteiger charge is -2.06. The zero-order chi connectivity index (χ0) is 11.5. The van der Waals surface area contributed by atoms with E-state index in [9.17, 15) is 4.79 Å². The molecule has 0 spiro atoms. The molecule has 2 nitrogen and oxygen atoms in total. The molecular formula is C14H14O2. The molecule has 0 aliphatic carbocycles. The van der Waals surface area contributed by atoms with Crippen LogP contribution in [0.3, 0.4) is 0 Å². The number of rotatable bonds is 2. The molecule has 2 aromatic carbocycles. The van der Waals surface area contributed by atoms with E-state index in [1.807, 2.05) is 38.1 Å². The number of hydrogen-bond donors (Lipinski definition) is 0. The van der Waals surface area contributed by atoms with Crippen LogP contribution in [0.2, 0.25) is 0 Å². The van der Waals surface area contributed by atoms with Gasteiger partial charge in [-0.3, -0.25) is 0 Å². The maximum Gasteiger partial charge on any atom is 0.338 e. The SMILES string of the molecule is CCOC(=O)c1cccc2cc(C)ccc12. The van der Waals surface area contributed by atoms with Gasteiger partial charge in [-0.25, -0.2) is 4.79 Å². The van der Waals surface area contributed by atoms with Crippen LogP contribution in [-0.4, -0.2) is 12.6 Å². The first-order chi connectivity index (χ1) is 7.72. The van der Waals surface area contributed by atoms with Crippen molar-refractivity contribution in [2.24, 2.45) is 0 Å². The summed E-state index contributed by atoms with van der Waals surface area (Å²) in [6, 6.07) is 11.7. The average Bonchev–Trinajstić information content (AvgIpc) is 2.28. The summed E-state index contributed by atoms with van der Waals surface area (Å²) in [6.07, 6.45) is 0. The molecule has 0 saturated carbocycles. The highest BCUT2D eigenvalue weighted by Crippen LogP contribution is 2.20. The van der Waals surface area contributed by atoms with Gasteiger partial charge in [0, 0.05) is 0 Å². The molecule has 0 amide bonds.